The van der Waals surface area contributed by atoms with Gasteiger partial charge in [0.05, 0.1) is 0 Å². The van der Waals surface area contributed by atoms with Gasteiger partial charge in [-0.3, -0.25) is 14.5 Å². The van der Waals surface area contributed by atoms with E-state index in [1.807, 2.05) is 19.9 Å². The van der Waals surface area contributed by atoms with Crippen LogP contribution in [-0.4, -0.2) is 34.8 Å². The Hall–Kier alpha value is -2.08. The van der Waals surface area contributed by atoms with Crippen molar-refractivity contribution in [3.63, 3.8) is 0 Å². The molecule has 6 nitrogen and oxygen atoms in total. The summed E-state index contributed by atoms with van der Waals surface area (Å²) in [6, 6.07) is 6.64. The van der Waals surface area contributed by atoms with E-state index in [0.717, 1.165) is 10.5 Å². The number of halogens is 1. The Morgan fingerprint density at radius 3 is 2.48 bits per heavy atom. The highest BCUT2D eigenvalue weighted by Gasteiger charge is 2.49. The summed E-state index contributed by atoms with van der Waals surface area (Å²) >= 11 is 6.02. The summed E-state index contributed by atoms with van der Waals surface area (Å²) in [7, 11) is 0. The van der Waals surface area contributed by atoms with E-state index in [-0.39, 0.29) is 19.0 Å². The lowest BCUT2D eigenvalue weighted by Crippen LogP contribution is -2.46. The van der Waals surface area contributed by atoms with Crippen molar-refractivity contribution in [2.24, 2.45) is 0 Å². The Morgan fingerprint density at radius 1 is 1.26 bits per heavy atom. The van der Waals surface area contributed by atoms with Crippen molar-refractivity contribution in [2.45, 2.75) is 38.8 Å². The van der Waals surface area contributed by atoms with Crippen molar-refractivity contribution in [1.29, 1.82) is 0 Å². The predicted molar refractivity (Wildman–Crippen MR) is 86.9 cm³/mol. The molecule has 0 atom stereocenters. The Bertz CT molecular complexity index is 629. The Balaban J connectivity index is 1.97. The van der Waals surface area contributed by atoms with Gasteiger partial charge in [-0.25, -0.2) is 4.79 Å². The number of nitrogens with one attached hydrogen (secondary N) is 2. The van der Waals surface area contributed by atoms with Gasteiger partial charge in [0.2, 0.25) is 5.91 Å². The number of imide groups is 1. The molecule has 1 aliphatic rings. The fraction of sp³-hybridized carbons (Fsp3) is 0.438. The van der Waals surface area contributed by atoms with Crippen LogP contribution in [-0.2, 0) is 16.1 Å². The first-order chi connectivity index (χ1) is 10.9. The first-order valence-electron chi connectivity index (χ1n) is 7.57. The summed E-state index contributed by atoms with van der Waals surface area (Å²) < 4.78 is 0. The van der Waals surface area contributed by atoms with Crippen molar-refractivity contribution >= 4 is 29.4 Å². The number of rotatable bonds is 6. The van der Waals surface area contributed by atoms with Crippen LogP contribution < -0.4 is 10.6 Å². The Morgan fingerprint density at radius 2 is 1.91 bits per heavy atom. The minimum absolute atomic E-state index is 0.245. The van der Waals surface area contributed by atoms with Crippen LogP contribution in [0.5, 0.6) is 0 Å². The Labute approximate surface area is 140 Å². The average molecular weight is 338 g/mol. The molecule has 0 aromatic heterocycles. The molecule has 2 rings (SSSR count). The number of carbonyl (C=O) groups excluding carboxylic acids is 3. The van der Waals surface area contributed by atoms with E-state index in [1.54, 1.807) is 18.2 Å². The molecule has 23 heavy (non-hydrogen) atoms. The molecule has 0 radical (unpaired) electrons. The molecule has 0 unspecified atom stereocenters. The van der Waals surface area contributed by atoms with Gasteiger partial charge in [-0.15, -0.1) is 0 Å². The zero-order valence-electron chi connectivity index (χ0n) is 13.2. The van der Waals surface area contributed by atoms with Gasteiger partial charge in [-0.05, 0) is 24.5 Å². The number of carbonyl (C=O) groups is 3. The number of amides is 4. The molecule has 2 N–H and O–H groups in total. The van der Waals surface area contributed by atoms with Crippen LogP contribution in [0.1, 0.15) is 32.3 Å². The van der Waals surface area contributed by atoms with Crippen molar-refractivity contribution in [2.75, 3.05) is 6.54 Å². The topological polar surface area (TPSA) is 78.5 Å². The van der Waals surface area contributed by atoms with Crippen LogP contribution in [0.15, 0.2) is 24.3 Å². The lowest BCUT2D eigenvalue weighted by atomic mass is 9.93. The van der Waals surface area contributed by atoms with Crippen molar-refractivity contribution in [3.05, 3.63) is 34.9 Å². The summed E-state index contributed by atoms with van der Waals surface area (Å²) in [6.45, 7) is 3.62. The normalized spacial score (nSPS) is 16.4. The minimum Gasteiger partial charge on any atom is -0.350 e. The summed E-state index contributed by atoms with van der Waals surface area (Å²) in [5.74, 6) is -0.753. The van der Waals surface area contributed by atoms with Gasteiger partial charge in [0.25, 0.3) is 5.91 Å². The monoisotopic (exact) mass is 337 g/mol. The lowest BCUT2D eigenvalue weighted by molar-refractivity contribution is -0.135. The van der Waals surface area contributed by atoms with Gasteiger partial charge < -0.3 is 10.6 Å². The van der Waals surface area contributed by atoms with E-state index in [2.05, 4.69) is 10.6 Å². The highest BCUT2D eigenvalue weighted by atomic mass is 35.5. The van der Waals surface area contributed by atoms with Crippen molar-refractivity contribution in [3.8, 4) is 0 Å². The van der Waals surface area contributed by atoms with Gasteiger partial charge >= 0.3 is 6.03 Å². The van der Waals surface area contributed by atoms with Crippen LogP contribution in [0, 0.1) is 0 Å². The molecule has 4 amide bonds. The summed E-state index contributed by atoms with van der Waals surface area (Å²) in [4.78, 5) is 37.4. The molecular weight excluding hydrogens is 318 g/mol. The molecule has 0 saturated carbocycles. The molecule has 7 heteroatoms. The van der Waals surface area contributed by atoms with E-state index in [0.29, 0.717) is 17.9 Å². The summed E-state index contributed by atoms with van der Waals surface area (Å²) in [5.41, 5.74) is -0.115. The molecular formula is C16H20ClN3O3. The fourth-order valence-corrected chi connectivity index (χ4v) is 2.79. The fourth-order valence-electron chi connectivity index (χ4n) is 2.58. The van der Waals surface area contributed by atoms with Gasteiger partial charge in [-0.2, -0.15) is 0 Å². The van der Waals surface area contributed by atoms with Gasteiger partial charge in [0, 0.05) is 11.6 Å². The van der Waals surface area contributed by atoms with Crippen molar-refractivity contribution < 1.29 is 14.4 Å². The quantitative estimate of drug-likeness (QED) is 0.780. The van der Waals surface area contributed by atoms with Gasteiger partial charge in [0.15, 0.2) is 0 Å². The molecule has 124 valence electrons. The van der Waals surface area contributed by atoms with Crippen LogP contribution in [0.2, 0.25) is 5.02 Å². The van der Waals surface area contributed by atoms with E-state index >= 15 is 0 Å². The molecule has 1 heterocycles. The maximum atomic E-state index is 12.4. The second-order valence-corrected chi connectivity index (χ2v) is 5.89. The van der Waals surface area contributed by atoms with E-state index in [1.165, 1.54) is 0 Å². The molecule has 1 fully saturated rings. The number of benzene rings is 1. The van der Waals surface area contributed by atoms with Crippen LogP contribution in [0.25, 0.3) is 0 Å². The third-order valence-electron chi connectivity index (χ3n) is 4.19. The summed E-state index contributed by atoms with van der Waals surface area (Å²) in [6.07, 6.45) is 0.984. The predicted octanol–water partition coefficient (Wildman–Crippen LogP) is 2.07. The molecule has 1 saturated heterocycles. The smallest absolute Gasteiger partial charge is 0.325 e. The Kier molecular flexibility index (Phi) is 5.26. The van der Waals surface area contributed by atoms with E-state index in [4.69, 9.17) is 11.6 Å². The number of hydrogen-bond donors (Lipinski definition) is 2. The first kappa shape index (κ1) is 17.3. The van der Waals surface area contributed by atoms with Gasteiger partial charge in [-0.1, -0.05) is 43.6 Å². The molecule has 0 spiro atoms. The maximum absolute atomic E-state index is 12.4. The van der Waals surface area contributed by atoms with E-state index in [9.17, 15) is 14.4 Å². The third-order valence-corrected chi connectivity index (χ3v) is 4.56. The SMILES string of the molecule is CCC1(CC)NC(=O)N(CC(=O)NCc2ccccc2Cl)C1=O. The first-order valence-corrected chi connectivity index (χ1v) is 7.95. The van der Waals surface area contributed by atoms with Crippen LogP contribution >= 0.6 is 11.6 Å². The van der Waals surface area contributed by atoms with Crippen LogP contribution in [0.3, 0.4) is 0 Å². The second-order valence-electron chi connectivity index (χ2n) is 5.48. The number of nitrogens with zero attached hydrogens (tertiary/aromatic N) is 1. The average Bonchev–Trinajstić information content (AvgIpc) is 2.79. The van der Waals surface area contributed by atoms with Crippen LogP contribution in [0.4, 0.5) is 4.79 Å². The molecule has 1 aromatic carbocycles. The largest absolute Gasteiger partial charge is 0.350 e. The zero-order chi connectivity index (χ0) is 17.0. The molecule has 1 aromatic rings. The van der Waals surface area contributed by atoms with Crippen molar-refractivity contribution in [1.82, 2.24) is 15.5 Å². The highest BCUT2D eigenvalue weighted by Crippen LogP contribution is 2.24. The second kappa shape index (κ2) is 7.00. The molecule has 1 aliphatic heterocycles. The standard InChI is InChI=1S/C16H20ClN3O3/c1-3-16(4-2)14(22)20(15(23)19-16)10-13(21)18-9-11-7-5-6-8-12(11)17/h5-8H,3-4,9-10H2,1-2H3,(H,18,21)(H,19,23). The molecule has 0 aliphatic carbocycles. The zero-order valence-corrected chi connectivity index (χ0v) is 13.9. The third kappa shape index (κ3) is 3.47. The maximum Gasteiger partial charge on any atom is 0.325 e. The minimum atomic E-state index is -0.889. The number of hydrogen-bond acceptors (Lipinski definition) is 3. The van der Waals surface area contributed by atoms with Gasteiger partial charge in [0.1, 0.15) is 12.1 Å². The highest BCUT2D eigenvalue weighted by molar-refractivity contribution is 6.31. The number of urea groups is 1. The summed E-state index contributed by atoms with van der Waals surface area (Å²) in [5, 5.41) is 5.92. The lowest BCUT2D eigenvalue weighted by Gasteiger charge is -2.23. The molecule has 0 bridgehead atoms. The van der Waals surface area contributed by atoms with E-state index < -0.39 is 17.5 Å².